The Morgan fingerprint density at radius 1 is 1.26 bits per heavy atom. The quantitative estimate of drug-likeness (QED) is 0.587. The molecule has 2 aliphatic heterocycles. The Hall–Kier alpha value is -4.40. The van der Waals surface area contributed by atoms with Crippen LogP contribution in [0.5, 0.6) is 0 Å². The van der Waals surface area contributed by atoms with Gasteiger partial charge in [0.25, 0.3) is 0 Å². The highest BCUT2D eigenvalue weighted by Crippen LogP contribution is 2.62. The number of rotatable bonds is 5. The van der Waals surface area contributed by atoms with Crippen molar-refractivity contribution in [1.29, 1.82) is 5.26 Å². The fraction of sp³-hybridized carbons (Fsp3) is 0.444. The molecule has 3 heterocycles. The van der Waals surface area contributed by atoms with Gasteiger partial charge < -0.3 is 24.8 Å². The number of carbonyl (C=O) groups excluding carboxylic acids is 2. The van der Waals surface area contributed by atoms with E-state index in [1.54, 1.807) is 23.1 Å². The molecule has 12 heteroatoms. The molecule has 2 saturated heterocycles. The fourth-order valence-electron chi connectivity index (χ4n) is 5.45. The summed E-state index contributed by atoms with van der Waals surface area (Å²) in [4.78, 5) is 42.7. The number of nitrogens with one attached hydrogen (secondary N) is 1. The molecule has 5 rings (SSSR count). The smallest absolute Gasteiger partial charge is 0.414 e. The van der Waals surface area contributed by atoms with Crippen molar-refractivity contribution in [2.75, 3.05) is 31.1 Å². The SMILES string of the molecule is CC(C)(C)OC(=O)N1CC2C(C1)C2(C#N)c1ccc(-c2ccc(N3C[C@H](CNC(=O)O)OC3=O)cc2F)cn1. The van der Waals surface area contributed by atoms with Crippen LogP contribution in [0.25, 0.3) is 11.1 Å². The van der Waals surface area contributed by atoms with Crippen LogP contribution < -0.4 is 10.2 Å². The van der Waals surface area contributed by atoms with Gasteiger partial charge in [-0.3, -0.25) is 9.88 Å². The number of ether oxygens (including phenoxy) is 2. The molecular weight excluding hydrogens is 509 g/mol. The van der Waals surface area contributed by atoms with Gasteiger partial charge in [0.1, 0.15) is 22.9 Å². The molecule has 1 aliphatic carbocycles. The van der Waals surface area contributed by atoms with Gasteiger partial charge in [-0.05, 0) is 45.0 Å². The van der Waals surface area contributed by atoms with Crippen LogP contribution in [0.4, 0.5) is 24.5 Å². The van der Waals surface area contributed by atoms with Gasteiger partial charge in [-0.1, -0.05) is 6.07 Å². The maximum atomic E-state index is 15.1. The van der Waals surface area contributed by atoms with E-state index in [9.17, 15) is 19.6 Å². The minimum Gasteiger partial charge on any atom is -0.465 e. The summed E-state index contributed by atoms with van der Waals surface area (Å²) >= 11 is 0. The topological polar surface area (TPSA) is 145 Å². The van der Waals surface area contributed by atoms with Crippen molar-refractivity contribution in [2.24, 2.45) is 11.8 Å². The predicted octanol–water partition coefficient (Wildman–Crippen LogP) is 3.74. The highest BCUT2D eigenvalue weighted by molar-refractivity contribution is 5.90. The Kier molecular flexibility index (Phi) is 6.33. The second-order valence-electron chi connectivity index (χ2n) is 11.0. The summed E-state index contributed by atoms with van der Waals surface area (Å²) in [5, 5.41) is 20.9. The zero-order chi connectivity index (χ0) is 28.1. The van der Waals surface area contributed by atoms with Crippen molar-refractivity contribution in [2.45, 2.75) is 37.9 Å². The normalized spacial score (nSPS) is 25.5. The summed E-state index contributed by atoms with van der Waals surface area (Å²) in [5.41, 5.74) is 0.262. The molecule has 11 nitrogen and oxygen atoms in total. The third kappa shape index (κ3) is 4.80. The van der Waals surface area contributed by atoms with Crippen molar-refractivity contribution in [3.63, 3.8) is 0 Å². The summed E-state index contributed by atoms with van der Waals surface area (Å²) in [6, 6.07) is 10.2. The molecule has 2 aromatic rings. The molecule has 2 N–H and O–H groups in total. The first-order chi connectivity index (χ1) is 18.4. The van der Waals surface area contributed by atoms with Crippen LogP contribution >= 0.6 is 0 Å². The number of piperidine rings is 1. The maximum absolute atomic E-state index is 15.1. The van der Waals surface area contributed by atoms with Crippen LogP contribution in [0.3, 0.4) is 0 Å². The van der Waals surface area contributed by atoms with Crippen LogP contribution in [-0.2, 0) is 14.9 Å². The fourth-order valence-corrected chi connectivity index (χ4v) is 5.45. The number of benzene rings is 1. The summed E-state index contributed by atoms with van der Waals surface area (Å²) in [6.07, 6.45) is -1.47. The molecule has 1 saturated carbocycles. The number of likely N-dealkylation sites (tertiary alicyclic amines) is 1. The van der Waals surface area contributed by atoms with Gasteiger partial charge in [0.2, 0.25) is 0 Å². The standard InChI is InChI=1S/C27H28FN5O6/c1-26(2,3)39-24(36)32-12-19-20(13-32)27(19,14-29)22-7-4-15(9-30-22)18-6-5-16(8-21(18)28)33-11-17(38-25(33)37)10-31-23(34)35/h4-9,17,19-20,31H,10-13H2,1-3H3,(H,34,35)/t17-,19?,20?,27?/m0/s1. The number of pyridine rings is 1. The number of fused-ring (bicyclic) bond motifs is 1. The molecule has 39 heavy (non-hydrogen) atoms. The second kappa shape index (κ2) is 9.41. The molecule has 1 aromatic carbocycles. The van der Waals surface area contributed by atoms with Gasteiger partial charge in [0, 0.05) is 42.2 Å². The van der Waals surface area contributed by atoms with E-state index in [2.05, 4.69) is 16.4 Å². The first kappa shape index (κ1) is 26.2. The van der Waals surface area contributed by atoms with Gasteiger partial charge in [-0.25, -0.2) is 18.8 Å². The lowest BCUT2D eigenvalue weighted by Crippen LogP contribution is -2.39. The number of anilines is 1. The van der Waals surface area contributed by atoms with E-state index < -0.39 is 41.2 Å². The minimum atomic E-state index is -1.23. The number of amides is 3. The van der Waals surface area contributed by atoms with Crippen LogP contribution in [0.2, 0.25) is 0 Å². The predicted molar refractivity (Wildman–Crippen MR) is 135 cm³/mol. The Morgan fingerprint density at radius 3 is 2.54 bits per heavy atom. The highest BCUT2D eigenvalue weighted by atomic mass is 19.1. The third-order valence-corrected chi connectivity index (χ3v) is 7.33. The minimum absolute atomic E-state index is 0.0425. The summed E-state index contributed by atoms with van der Waals surface area (Å²) in [7, 11) is 0. The largest absolute Gasteiger partial charge is 0.465 e. The molecule has 204 valence electrons. The average molecular weight is 538 g/mol. The van der Waals surface area contributed by atoms with Crippen LogP contribution in [0.1, 0.15) is 26.5 Å². The van der Waals surface area contributed by atoms with Gasteiger partial charge >= 0.3 is 18.3 Å². The number of aromatic nitrogens is 1. The van der Waals surface area contributed by atoms with E-state index >= 15 is 4.39 Å². The summed E-state index contributed by atoms with van der Waals surface area (Å²) in [6.45, 7) is 6.27. The Bertz CT molecular complexity index is 1360. The first-order valence-corrected chi connectivity index (χ1v) is 12.5. The molecule has 0 bridgehead atoms. The van der Waals surface area contributed by atoms with Gasteiger partial charge in [0.05, 0.1) is 30.5 Å². The van der Waals surface area contributed by atoms with Crippen molar-refractivity contribution >= 4 is 24.0 Å². The molecule has 0 radical (unpaired) electrons. The van der Waals surface area contributed by atoms with E-state index in [4.69, 9.17) is 14.6 Å². The highest BCUT2D eigenvalue weighted by Gasteiger charge is 2.71. The molecule has 0 spiro atoms. The molecule has 3 atom stereocenters. The van der Waals surface area contributed by atoms with Crippen LogP contribution in [0, 0.1) is 29.0 Å². The zero-order valence-electron chi connectivity index (χ0n) is 21.7. The van der Waals surface area contributed by atoms with Crippen molar-refractivity contribution in [3.8, 4) is 17.2 Å². The number of hydrogen-bond acceptors (Lipinski definition) is 7. The second-order valence-corrected chi connectivity index (χ2v) is 11.0. The van der Waals surface area contributed by atoms with Crippen LogP contribution in [0.15, 0.2) is 36.5 Å². The number of halogens is 1. The number of carboxylic acid groups (broad SMARTS) is 1. The lowest BCUT2D eigenvalue weighted by molar-refractivity contribution is 0.0265. The van der Waals surface area contributed by atoms with E-state index in [0.717, 1.165) is 0 Å². The number of hydrogen-bond donors (Lipinski definition) is 2. The van der Waals surface area contributed by atoms with E-state index in [0.29, 0.717) is 24.3 Å². The Labute approximate surface area is 224 Å². The van der Waals surface area contributed by atoms with Gasteiger partial charge in [-0.15, -0.1) is 0 Å². The van der Waals surface area contributed by atoms with Crippen molar-refractivity contribution in [1.82, 2.24) is 15.2 Å². The first-order valence-electron chi connectivity index (χ1n) is 12.5. The molecule has 2 unspecified atom stereocenters. The number of nitriles is 1. The number of cyclic esters (lactones) is 1. The zero-order valence-corrected chi connectivity index (χ0v) is 21.7. The lowest BCUT2D eigenvalue weighted by atomic mass is 9.95. The van der Waals surface area contributed by atoms with Gasteiger partial charge in [-0.2, -0.15) is 5.26 Å². The Morgan fingerprint density at radius 2 is 1.97 bits per heavy atom. The number of carbonyl (C=O) groups is 3. The van der Waals surface area contributed by atoms with E-state index in [1.807, 2.05) is 20.8 Å². The maximum Gasteiger partial charge on any atom is 0.414 e. The van der Waals surface area contributed by atoms with E-state index in [1.165, 1.54) is 23.2 Å². The van der Waals surface area contributed by atoms with Gasteiger partial charge in [0.15, 0.2) is 0 Å². The monoisotopic (exact) mass is 537 g/mol. The average Bonchev–Trinajstić information content (AvgIpc) is 3.15. The molecule has 3 amide bonds. The Balaban J connectivity index is 1.26. The van der Waals surface area contributed by atoms with Crippen molar-refractivity contribution < 1.29 is 33.4 Å². The number of nitrogens with zero attached hydrogens (tertiary/aromatic N) is 4. The summed E-state index contributed by atoms with van der Waals surface area (Å²) < 4.78 is 25.7. The lowest BCUT2D eigenvalue weighted by Gasteiger charge is -2.27. The molecule has 1 aromatic heterocycles. The molecule has 3 fully saturated rings. The third-order valence-electron chi connectivity index (χ3n) is 7.33. The molecular formula is C27H28FN5O6. The summed E-state index contributed by atoms with van der Waals surface area (Å²) in [5.74, 6) is -0.661. The molecule has 3 aliphatic rings. The van der Waals surface area contributed by atoms with Crippen LogP contribution in [-0.4, -0.2) is 71.2 Å². The van der Waals surface area contributed by atoms with Crippen molar-refractivity contribution in [3.05, 3.63) is 48.0 Å². The van der Waals surface area contributed by atoms with E-state index in [-0.39, 0.29) is 36.2 Å².